The molecule has 0 saturated heterocycles. The summed E-state index contributed by atoms with van der Waals surface area (Å²) in [6, 6.07) is 3.83. The molecule has 0 aromatic carbocycles. The molecular weight excluding hydrogens is 174 g/mol. The zero-order valence-electron chi connectivity index (χ0n) is 7.23. The van der Waals surface area contributed by atoms with Crippen LogP contribution in [0.15, 0.2) is 17.5 Å². The molecule has 0 aliphatic heterocycles. The molecule has 1 heterocycles. The summed E-state index contributed by atoms with van der Waals surface area (Å²) in [4.78, 5) is 11.9. The van der Waals surface area contributed by atoms with E-state index >= 15 is 0 Å². The van der Waals surface area contributed by atoms with Crippen LogP contribution in [0.3, 0.4) is 0 Å². The van der Waals surface area contributed by atoms with Crippen molar-refractivity contribution in [1.82, 2.24) is 4.90 Å². The van der Waals surface area contributed by atoms with E-state index in [9.17, 15) is 4.79 Å². The van der Waals surface area contributed by atoms with E-state index in [2.05, 4.69) is 0 Å². The van der Waals surface area contributed by atoms with Gasteiger partial charge in [-0.1, -0.05) is 6.07 Å². The van der Waals surface area contributed by atoms with Gasteiger partial charge < -0.3 is 10.0 Å². The molecule has 3 nitrogen and oxygen atoms in total. The average molecular weight is 187 g/mol. The summed E-state index contributed by atoms with van der Waals surface area (Å²) in [7, 11) is 3.38. The highest BCUT2D eigenvalue weighted by atomic mass is 32.1. The first kappa shape index (κ1) is 11.1. The maximum Gasteiger partial charge on any atom is 0.209 e. The van der Waals surface area contributed by atoms with Crippen LogP contribution < -0.4 is 0 Å². The summed E-state index contributed by atoms with van der Waals surface area (Å²) in [5.74, 6) is 0. The molecular formula is C8H13NO2S. The molecule has 0 aliphatic rings. The van der Waals surface area contributed by atoms with Crippen LogP contribution in [0.5, 0.6) is 0 Å². The Balaban J connectivity index is 0.000000217. The number of nitrogens with zero attached hydrogens (tertiary/aromatic N) is 1. The smallest absolute Gasteiger partial charge is 0.209 e. The fraction of sp³-hybridized carbons (Fsp3) is 0.375. The number of carbonyl (C=O) groups excluding carboxylic acids is 1. The fourth-order valence-electron chi connectivity index (χ4n) is 0.403. The standard InChI is InChI=1S/C5H6OS.C3H7NO/c6-4-5-2-1-3-7-5;1-4(2)3-5/h1-3,6H,4H2;3H,1-2H3. The van der Waals surface area contributed by atoms with Crippen LogP contribution in [0.25, 0.3) is 0 Å². The molecule has 1 rings (SSSR count). The van der Waals surface area contributed by atoms with Gasteiger partial charge in [0.15, 0.2) is 0 Å². The molecule has 1 N–H and O–H groups in total. The largest absolute Gasteiger partial charge is 0.391 e. The zero-order chi connectivity index (χ0) is 9.40. The van der Waals surface area contributed by atoms with Gasteiger partial charge in [0.1, 0.15) is 0 Å². The maximum atomic E-state index is 9.43. The number of carbonyl (C=O) groups is 1. The summed E-state index contributed by atoms with van der Waals surface area (Å²) < 4.78 is 0. The van der Waals surface area contributed by atoms with Crippen molar-refractivity contribution >= 4 is 17.7 Å². The van der Waals surface area contributed by atoms with E-state index in [1.165, 1.54) is 4.90 Å². The lowest BCUT2D eigenvalue weighted by Gasteiger charge is -1.93. The molecule has 1 aromatic heterocycles. The van der Waals surface area contributed by atoms with Crippen molar-refractivity contribution in [1.29, 1.82) is 0 Å². The van der Waals surface area contributed by atoms with Crippen LogP contribution >= 0.6 is 11.3 Å². The van der Waals surface area contributed by atoms with Crippen LogP contribution in [0.2, 0.25) is 0 Å². The van der Waals surface area contributed by atoms with Gasteiger partial charge in [-0.25, -0.2) is 0 Å². The molecule has 0 atom stereocenters. The Morgan fingerprint density at radius 2 is 2.25 bits per heavy atom. The maximum absolute atomic E-state index is 9.43. The van der Waals surface area contributed by atoms with Gasteiger partial charge in [0.2, 0.25) is 6.41 Å². The normalized spacial score (nSPS) is 8.25. The van der Waals surface area contributed by atoms with E-state index in [0.717, 1.165) is 11.3 Å². The van der Waals surface area contributed by atoms with Crippen LogP contribution in [-0.4, -0.2) is 30.5 Å². The first-order valence-electron chi connectivity index (χ1n) is 3.45. The number of thiophene rings is 1. The lowest BCUT2D eigenvalue weighted by molar-refractivity contribution is -0.115. The highest BCUT2D eigenvalue weighted by molar-refractivity contribution is 7.09. The van der Waals surface area contributed by atoms with E-state index in [1.807, 2.05) is 17.5 Å². The Morgan fingerprint density at radius 1 is 1.67 bits per heavy atom. The van der Waals surface area contributed by atoms with Crippen molar-refractivity contribution in [2.45, 2.75) is 6.61 Å². The number of aliphatic hydroxyl groups is 1. The van der Waals surface area contributed by atoms with Crippen LogP contribution in [0.4, 0.5) is 0 Å². The van der Waals surface area contributed by atoms with Gasteiger partial charge in [0, 0.05) is 19.0 Å². The second-order valence-electron chi connectivity index (χ2n) is 2.31. The van der Waals surface area contributed by atoms with Gasteiger partial charge in [0.05, 0.1) is 6.61 Å². The Labute approximate surface area is 76.3 Å². The van der Waals surface area contributed by atoms with E-state index < -0.39 is 0 Å². The van der Waals surface area contributed by atoms with Gasteiger partial charge >= 0.3 is 0 Å². The van der Waals surface area contributed by atoms with E-state index in [1.54, 1.807) is 25.4 Å². The lowest BCUT2D eigenvalue weighted by Crippen LogP contribution is -2.06. The molecule has 0 spiro atoms. The van der Waals surface area contributed by atoms with Gasteiger partial charge in [-0.05, 0) is 11.4 Å². The lowest BCUT2D eigenvalue weighted by atomic mass is 10.5. The Hall–Kier alpha value is -0.870. The molecule has 0 bridgehead atoms. The van der Waals surface area contributed by atoms with E-state index in [-0.39, 0.29) is 6.61 Å². The third-order valence-corrected chi connectivity index (χ3v) is 1.81. The van der Waals surface area contributed by atoms with Gasteiger partial charge in [-0.2, -0.15) is 0 Å². The van der Waals surface area contributed by atoms with Crippen molar-refractivity contribution in [3.05, 3.63) is 22.4 Å². The number of aliphatic hydroxyl groups excluding tert-OH is 1. The minimum atomic E-state index is 0.178. The summed E-state index contributed by atoms with van der Waals surface area (Å²) in [5.41, 5.74) is 0. The molecule has 1 amide bonds. The highest BCUT2D eigenvalue weighted by Crippen LogP contribution is 2.06. The van der Waals surface area contributed by atoms with Crippen molar-refractivity contribution in [2.75, 3.05) is 14.1 Å². The molecule has 0 unspecified atom stereocenters. The molecule has 0 fully saturated rings. The third kappa shape index (κ3) is 5.88. The third-order valence-electron chi connectivity index (χ3n) is 0.947. The summed E-state index contributed by atoms with van der Waals surface area (Å²) in [5, 5.41) is 10.4. The van der Waals surface area contributed by atoms with Crippen LogP contribution in [0.1, 0.15) is 4.88 Å². The molecule has 0 radical (unpaired) electrons. The summed E-state index contributed by atoms with van der Waals surface area (Å²) >= 11 is 1.57. The molecule has 0 saturated carbocycles. The Morgan fingerprint density at radius 3 is 2.42 bits per heavy atom. The zero-order valence-corrected chi connectivity index (χ0v) is 8.04. The number of hydrogen-bond donors (Lipinski definition) is 1. The minimum Gasteiger partial charge on any atom is -0.391 e. The Bertz CT molecular complexity index is 197. The number of rotatable bonds is 2. The molecule has 4 heteroatoms. The Kier molecular flexibility index (Phi) is 6.32. The van der Waals surface area contributed by atoms with Crippen molar-refractivity contribution in [3.8, 4) is 0 Å². The predicted octanol–water partition coefficient (Wildman–Crippen LogP) is 0.945. The first-order valence-corrected chi connectivity index (χ1v) is 4.33. The van der Waals surface area contributed by atoms with Crippen molar-refractivity contribution in [3.63, 3.8) is 0 Å². The van der Waals surface area contributed by atoms with Crippen LogP contribution in [0, 0.1) is 0 Å². The summed E-state index contributed by atoms with van der Waals surface area (Å²) in [6.45, 7) is 0.178. The fourth-order valence-corrected chi connectivity index (χ4v) is 0.966. The molecule has 68 valence electrons. The van der Waals surface area contributed by atoms with Crippen molar-refractivity contribution < 1.29 is 9.90 Å². The number of hydrogen-bond acceptors (Lipinski definition) is 3. The van der Waals surface area contributed by atoms with Crippen molar-refractivity contribution in [2.24, 2.45) is 0 Å². The quantitative estimate of drug-likeness (QED) is 0.700. The van der Waals surface area contributed by atoms with E-state index in [0.29, 0.717) is 0 Å². The molecule has 1 aromatic rings. The van der Waals surface area contributed by atoms with E-state index in [4.69, 9.17) is 5.11 Å². The first-order chi connectivity index (χ1) is 5.70. The summed E-state index contributed by atoms with van der Waals surface area (Å²) in [6.07, 6.45) is 0.750. The van der Waals surface area contributed by atoms with Gasteiger partial charge in [-0.3, -0.25) is 4.79 Å². The molecule has 0 aliphatic carbocycles. The molecule has 12 heavy (non-hydrogen) atoms. The second-order valence-corrected chi connectivity index (χ2v) is 3.34. The van der Waals surface area contributed by atoms with Gasteiger partial charge in [0.25, 0.3) is 0 Å². The minimum absolute atomic E-state index is 0.178. The monoisotopic (exact) mass is 187 g/mol. The SMILES string of the molecule is CN(C)C=O.OCc1cccs1. The highest BCUT2D eigenvalue weighted by Gasteiger charge is 1.83. The van der Waals surface area contributed by atoms with Crippen LogP contribution in [-0.2, 0) is 11.4 Å². The number of amides is 1. The predicted molar refractivity (Wildman–Crippen MR) is 50.0 cm³/mol. The van der Waals surface area contributed by atoms with Gasteiger partial charge in [-0.15, -0.1) is 11.3 Å². The second kappa shape index (κ2) is 6.82. The average Bonchev–Trinajstić information content (AvgIpc) is 2.57. The topological polar surface area (TPSA) is 40.5 Å².